The van der Waals surface area contributed by atoms with Crippen molar-refractivity contribution in [2.45, 2.75) is 25.4 Å². The van der Waals surface area contributed by atoms with Gasteiger partial charge in [-0.1, -0.05) is 12.1 Å². The van der Waals surface area contributed by atoms with Crippen LogP contribution in [0.5, 0.6) is 0 Å². The number of benzene rings is 1. The van der Waals surface area contributed by atoms with E-state index < -0.39 is 0 Å². The maximum Gasteiger partial charge on any atom is 0.0587 e. The van der Waals surface area contributed by atoms with Crippen LogP contribution in [0, 0.1) is 0 Å². The van der Waals surface area contributed by atoms with E-state index in [4.69, 9.17) is 4.74 Å². The Morgan fingerprint density at radius 2 is 2.05 bits per heavy atom. The summed E-state index contributed by atoms with van der Waals surface area (Å²) in [7, 11) is 6.10. The lowest BCUT2D eigenvalue weighted by Crippen LogP contribution is -2.45. The highest BCUT2D eigenvalue weighted by Crippen LogP contribution is 2.22. The van der Waals surface area contributed by atoms with Crippen LogP contribution in [0.2, 0.25) is 0 Å². The van der Waals surface area contributed by atoms with Gasteiger partial charge in [0.1, 0.15) is 0 Å². The van der Waals surface area contributed by atoms with Gasteiger partial charge in [0.2, 0.25) is 0 Å². The van der Waals surface area contributed by atoms with Gasteiger partial charge in [0.25, 0.3) is 0 Å². The molecule has 1 saturated heterocycles. The number of ether oxygens (including phenoxy) is 1. The van der Waals surface area contributed by atoms with Gasteiger partial charge >= 0.3 is 0 Å². The van der Waals surface area contributed by atoms with Crippen molar-refractivity contribution in [2.75, 3.05) is 52.3 Å². The zero-order valence-electron chi connectivity index (χ0n) is 13.6. The first-order chi connectivity index (χ1) is 10.2. The van der Waals surface area contributed by atoms with Crippen LogP contribution in [0.25, 0.3) is 0 Å². The smallest absolute Gasteiger partial charge is 0.0587 e. The lowest BCUT2D eigenvalue weighted by atomic mass is 10.0. The van der Waals surface area contributed by atoms with Gasteiger partial charge in [0, 0.05) is 45.0 Å². The van der Waals surface area contributed by atoms with E-state index in [1.165, 1.54) is 30.6 Å². The molecule has 0 spiro atoms. The summed E-state index contributed by atoms with van der Waals surface area (Å²) in [6.07, 6.45) is 2.59. The van der Waals surface area contributed by atoms with Crippen LogP contribution in [-0.2, 0) is 11.3 Å². The van der Waals surface area contributed by atoms with E-state index in [-0.39, 0.29) is 0 Å². The summed E-state index contributed by atoms with van der Waals surface area (Å²) in [5.74, 6) is 0. The van der Waals surface area contributed by atoms with E-state index in [1.807, 2.05) is 0 Å². The molecule has 1 heterocycles. The summed E-state index contributed by atoms with van der Waals surface area (Å²) in [4.78, 5) is 4.86. The topological polar surface area (TPSA) is 27.7 Å². The van der Waals surface area contributed by atoms with E-state index in [0.29, 0.717) is 6.04 Å². The standard InChI is InChI=1S/C17H29N3O/c1-19(2)17-5-4-11-20(14-17)16-8-6-15(7-9-16)13-18-10-12-21-3/h6-9,17-18H,4-5,10-14H2,1-3H3. The molecule has 1 unspecified atom stereocenters. The van der Waals surface area contributed by atoms with Crippen LogP contribution in [-0.4, -0.2) is 58.4 Å². The average Bonchev–Trinajstić information content (AvgIpc) is 2.52. The highest BCUT2D eigenvalue weighted by atomic mass is 16.5. The molecule has 0 amide bonds. The molecule has 1 aliphatic heterocycles. The lowest BCUT2D eigenvalue weighted by molar-refractivity contribution is 0.199. The molecule has 21 heavy (non-hydrogen) atoms. The van der Waals surface area contributed by atoms with Crippen molar-refractivity contribution in [1.29, 1.82) is 0 Å². The molecule has 4 nitrogen and oxygen atoms in total. The van der Waals surface area contributed by atoms with Crippen LogP contribution < -0.4 is 10.2 Å². The molecule has 0 bridgehead atoms. The number of piperidine rings is 1. The Labute approximate surface area is 129 Å². The number of nitrogens with zero attached hydrogens (tertiary/aromatic N) is 2. The number of rotatable bonds is 7. The van der Waals surface area contributed by atoms with Gasteiger partial charge in [0.05, 0.1) is 6.61 Å². The summed E-state index contributed by atoms with van der Waals surface area (Å²) in [5.41, 5.74) is 2.68. The van der Waals surface area contributed by atoms with Gasteiger partial charge in [-0.2, -0.15) is 0 Å². The number of likely N-dealkylation sites (N-methyl/N-ethyl adjacent to an activating group) is 1. The maximum absolute atomic E-state index is 5.03. The van der Waals surface area contributed by atoms with E-state index in [0.717, 1.165) is 26.2 Å². The van der Waals surface area contributed by atoms with Gasteiger partial charge in [-0.25, -0.2) is 0 Å². The molecule has 0 aromatic heterocycles. The van der Waals surface area contributed by atoms with Gasteiger partial charge < -0.3 is 19.9 Å². The van der Waals surface area contributed by atoms with Crippen molar-refractivity contribution < 1.29 is 4.74 Å². The summed E-state index contributed by atoms with van der Waals surface area (Å²) in [5, 5.41) is 3.38. The fraction of sp³-hybridized carbons (Fsp3) is 0.647. The predicted octanol–water partition coefficient (Wildman–Crippen LogP) is 1.95. The molecule has 1 aromatic carbocycles. The average molecular weight is 291 g/mol. The Morgan fingerprint density at radius 1 is 1.29 bits per heavy atom. The lowest BCUT2D eigenvalue weighted by Gasteiger charge is -2.37. The number of hydrogen-bond acceptors (Lipinski definition) is 4. The monoisotopic (exact) mass is 291 g/mol. The highest BCUT2D eigenvalue weighted by Gasteiger charge is 2.21. The molecular formula is C17H29N3O. The summed E-state index contributed by atoms with van der Waals surface area (Å²) in [6.45, 7) is 4.88. The van der Waals surface area contributed by atoms with Crippen LogP contribution in [0.4, 0.5) is 5.69 Å². The first kappa shape index (κ1) is 16.3. The number of nitrogens with one attached hydrogen (secondary N) is 1. The minimum absolute atomic E-state index is 0.675. The van der Waals surface area contributed by atoms with Crippen LogP contribution in [0.15, 0.2) is 24.3 Å². The van der Waals surface area contributed by atoms with Crippen molar-refractivity contribution in [1.82, 2.24) is 10.2 Å². The van der Waals surface area contributed by atoms with Gasteiger partial charge in [-0.15, -0.1) is 0 Å². The second-order valence-corrected chi connectivity index (χ2v) is 6.04. The minimum atomic E-state index is 0.675. The highest BCUT2D eigenvalue weighted by molar-refractivity contribution is 5.48. The largest absolute Gasteiger partial charge is 0.383 e. The minimum Gasteiger partial charge on any atom is -0.383 e. The van der Waals surface area contributed by atoms with Gasteiger partial charge in [0.15, 0.2) is 0 Å². The molecule has 0 aliphatic carbocycles. The normalized spacial score (nSPS) is 19.2. The molecule has 118 valence electrons. The Hall–Kier alpha value is -1.10. The number of anilines is 1. The van der Waals surface area contributed by atoms with Crippen molar-refractivity contribution in [3.8, 4) is 0 Å². The molecular weight excluding hydrogens is 262 g/mol. The summed E-state index contributed by atoms with van der Waals surface area (Å²) >= 11 is 0. The molecule has 1 aromatic rings. The molecule has 0 saturated carbocycles. The van der Waals surface area contributed by atoms with Gasteiger partial charge in [-0.3, -0.25) is 0 Å². The number of methoxy groups -OCH3 is 1. The van der Waals surface area contributed by atoms with E-state index in [9.17, 15) is 0 Å². The van der Waals surface area contributed by atoms with Crippen molar-refractivity contribution in [3.05, 3.63) is 29.8 Å². The molecule has 1 fully saturated rings. The molecule has 1 aliphatic rings. The Balaban J connectivity index is 1.86. The molecule has 4 heteroatoms. The van der Waals surface area contributed by atoms with Crippen LogP contribution in [0.3, 0.4) is 0 Å². The van der Waals surface area contributed by atoms with Crippen molar-refractivity contribution in [2.24, 2.45) is 0 Å². The third-order valence-electron chi connectivity index (χ3n) is 4.24. The zero-order valence-corrected chi connectivity index (χ0v) is 13.6. The fourth-order valence-corrected chi connectivity index (χ4v) is 2.84. The molecule has 1 atom stereocenters. The molecule has 2 rings (SSSR count). The van der Waals surface area contributed by atoms with E-state index in [1.54, 1.807) is 7.11 Å². The summed E-state index contributed by atoms with van der Waals surface area (Å²) < 4.78 is 5.03. The third-order valence-corrected chi connectivity index (χ3v) is 4.24. The van der Waals surface area contributed by atoms with Crippen molar-refractivity contribution >= 4 is 5.69 Å². The zero-order chi connectivity index (χ0) is 15.1. The molecule has 0 radical (unpaired) electrons. The maximum atomic E-state index is 5.03. The predicted molar refractivity (Wildman–Crippen MR) is 88.9 cm³/mol. The van der Waals surface area contributed by atoms with Crippen LogP contribution >= 0.6 is 0 Å². The molecule has 1 N–H and O–H groups in total. The van der Waals surface area contributed by atoms with E-state index in [2.05, 4.69) is 53.5 Å². The van der Waals surface area contributed by atoms with Crippen LogP contribution in [0.1, 0.15) is 18.4 Å². The quantitative estimate of drug-likeness (QED) is 0.777. The second kappa shape index (κ2) is 8.37. The third kappa shape index (κ3) is 4.99. The van der Waals surface area contributed by atoms with Gasteiger partial charge in [-0.05, 0) is 44.6 Å². The fourth-order valence-electron chi connectivity index (χ4n) is 2.84. The Morgan fingerprint density at radius 3 is 2.71 bits per heavy atom. The first-order valence-electron chi connectivity index (χ1n) is 7.90. The number of hydrogen-bond donors (Lipinski definition) is 1. The van der Waals surface area contributed by atoms with E-state index >= 15 is 0 Å². The SMILES string of the molecule is COCCNCc1ccc(N2CCCC(N(C)C)C2)cc1. The first-order valence-corrected chi connectivity index (χ1v) is 7.90. The Bertz CT molecular complexity index is 405. The Kier molecular flexibility index (Phi) is 6.49. The second-order valence-electron chi connectivity index (χ2n) is 6.04. The van der Waals surface area contributed by atoms with Crippen molar-refractivity contribution in [3.63, 3.8) is 0 Å². The summed E-state index contributed by atoms with van der Waals surface area (Å²) in [6, 6.07) is 9.65.